The van der Waals surface area contributed by atoms with E-state index in [0.29, 0.717) is 12.1 Å². The molecule has 19 heavy (non-hydrogen) atoms. The molecule has 3 aromatic rings. The molecule has 0 saturated heterocycles. The van der Waals surface area contributed by atoms with Gasteiger partial charge in [-0.05, 0) is 35.0 Å². The molecule has 0 atom stereocenters. The lowest BCUT2D eigenvalue weighted by Gasteiger charge is -2.02. The van der Waals surface area contributed by atoms with Crippen molar-refractivity contribution in [2.24, 2.45) is 7.05 Å². The second kappa shape index (κ2) is 4.57. The zero-order valence-electron chi connectivity index (χ0n) is 10.4. The van der Waals surface area contributed by atoms with E-state index in [1.165, 1.54) is 4.68 Å². The molecule has 3 rings (SSSR count). The Kier molecular flexibility index (Phi) is 3.02. The van der Waals surface area contributed by atoms with Crippen LogP contribution in [0.1, 0.15) is 10.6 Å². The van der Waals surface area contributed by atoms with Gasteiger partial charge in [-0.2, -0.15) is 10.2 Å². The maximum atomic E-state index is 12.4. The molecule has 0 aliphatic carbocycles. The van der Waals surface area contributed by atoms with Gasteiger partial charge in [0.1, 0.15) is 5.52 Å². The predicted molar refractivity (Wildman–Crippen MR) is 78.6 cm³/mol. The fraction of sp³-hybridized carbons (Fsp3) is 0.250. The number of fused-ring (bicyclic) bond motifs is 1. The van der Waals surface area contributed by atoms with E-state index in [1.807, 2.05) is 19.1 Å². The second-order valence-electron chi connectivity index (χ2n) is 4.28. The number of nitrogens with zero attached hydrogens (tertiary/aromatic N) is 4. The van der Waals surface area contributed by atoms with E-state index in [2.05, 4.69) is 26.1 Å². The standard InChI is InChI=1S/C12H11BrN4OS/c1-7-9-5-14-17(6-8-3-4-10(13)19-8)12(18)11(9)16(2)15-7/h3-5H,6H2,1-2H3. The lowest BCUT2D eigenvalue weighted by atomic mass is 10.3. The van der Waals surface area contributed by atoms with Gasteiger partial charge in [-0.3, -0.25) is 9.48 Å². The first-order valence-corrected chi connectivity index (χ1v) is 7.31. The molecule has 3 aromatic heterocycles. The van der Waals surface area contributed by atoms with Crippen LogP contribution in [0.2, 0.25) is 0 Å². The third-order valence-electron chi connectivity index (χ3n) is 2.97. The topological polar surface area (TPSA) is 52.7 Å². The van der Waals surface area contributed by atoms with Crippen LogP contribution in [0.5, 0.6) is 0 Å². The van der Waals surface area contributed by atoms with Crippen LogP contribution in [0.25, 0.3) is 10.9 Å². The molecule has 0 unspecified atom stereocenters. The zero-order valence-corrected chi connectivity index (χ0v) is 12.8. The van der Waals surface area contributed by atoms with Gasteiger partial charge in [-0.25, -0.2) is 4.68 Å². The Morgan fingerprint density at radius 2 is 2.21 bits per heavy atom. The van der Waals surface area contributed by atoms with Crippen molar-refractivity contribution in [3.05, 3.63) is 43.0 Å². The molecule has 7 heteroatoms. The normalized spacial score (nSPS) is 11.3. The van der Waals surface area contributed by atoms with E-state index >= 15 is 0 Å². The molecule has 0 bridgehead atoms. The molecule has 0 aliphatic rings. The molecular weight excluding hydrogens is 328 g/mol. The van der Waals surface area contributed by atoms with Crippen molar-refractivity contribution < 1.29 is 0 Å². The van der Waals surface area contributed by atoms with E-state index in [1.54, 1.807) is 29.3 Å². The predicted octanol–water partition coefficient (Wildman–Crippen LogP) is 2.31. The van der Waals surface area contributed by atoms with E-state index in [4.69, 9.17) is 0 Å². The minimum absolute atomic E-state index is 0.106. The highest BCUT2D eigenvalue weighted by molar-refractivity contribution is 9.11. The summed E-state index contributed by atoms with van der Waals surface area (Å²) in [6, 6.07) is 3.96. The quantitative estimate of drug-likeness (QED) is 0.720. The van der Waals surface area contributed by atoms with E-state index in [-0.39, 0.29) is 5.56 Å². The maximum Gasteiger partial charge on any atom is 0.293 e. The van der Waals surface area contributed by atoms with Crippen LogP contribution in [0, 0.1) is 6.92 Å². The van der Waals surface area contributed by atoms with Gasteiger partial charge >= 0.3 is 0 Å². The molecule has 0 N–H and O–H groups in total. The van der Waals surface area contributed by atoms with Gasteiger partial charge in [0, 0.05) is 17.3 Å². The Hall–Kier alpha value is -1.47. The van der Waals surface area contributed by atoms with Crippen molar-refractivity contribution >= 4 is 38.2 Å². The molecule has 3 heterocycles. The van der Waals surface area contributed by atoms with Crippen LogP contribution in [-0.2, 0) is 13.6 Å². The fourth-order valence-electron chi connectivity index (χ4n) is 2.08. The summed E-state index contributed by atoms with van der Waals surface area (Å²) in [6.07, 6.45) is 1.71. The highest BCUT2D eigenvalue weighted by atomic mass is 79.9. The molecule has 0 radical (unpaired) electrons. The summed E-state index contributed by atoms with van der Waals surface area (Å²) in [4.78, 5) is 13.5. The fourth-order valence-corrected chi connectivity index (χ4v) is 3.55. The monoisotopic (exact) mass is 338 g/mol. The van der Waals surface area contributed by atoms with Crippen LogP contribution >= 0.6 is 27.3 Å². The molecule has 0 spiro atoms. The number of rotatable bonds is 2. The van der Waals surface area contributed by atoms with E-state index < -0.39 is 0 Å². The smallest absolute Gasteiger partial charge is 0.265 e. The van der Waals surface area contributed by atoms with E-state index in [0.717, 1.165) is 19.7 Å². The Balaban J connectivity index is 2.13. The minimum atomic E-state index is -0.106. The lowest BCUT2D eigenvalue weighted by molar-refractivity contribution is 0.647. The van der Waals surface area contributed by atoms with Gasteiger partial charge < -0.3 is 0 Å². The second-order valence-corrected chi connectivity index (χ2v) is 6.83. The van der Waals surface area contributed by atoms with Crippen LogP contribution in [0.3, 0.4) is 0 Å². The number of thiophene rings is 1. The van der Waals surface area contributed by atoms with Crippen molar-refractivity contribution in [3.8, 4) is 0 Å². The van der Waals surface area contributed by atoms with Crippen LogP contribution in [-0.4, -0.2) is 19.6 Å². The van der Waals surface area contributed by atoms with Crippen molar-refractivity contribution in [1.29, 1.82) is 0 Å². The molecule has 0 fully saturated rings. The molecule has 0 amide bonds. The molecule has 0 saturated carbocycles. The number of aromatic nitrogens is 4. The number of hydrogen-bond acceptors (Lipinski definition) is 4. The van der Waals surface area contributed by atoms with Crippen molar-refractivity contribution in [2.45, 2.75) is 13.5 Å². The summed E-state index contributed by atoms with van der Waals surface area (Å²) >= 11 is 5.02. The number of hydrogen-bond donors (Lipinski definition) is 0. The summed E-state index contributed by atoms with van der Waals surface area (Å²) in [5.74, 6) is 0. The summed E-state index contributed by atoms with van der Waals surface area (Å²) < 4.78 is 4.14. The van der Waals surface area contributed by atoms with Gasteiger partial charge in [-0.15, -0.1) is 11.3 Å². The van der Waals surface area contributed by atoms with Gasteiger partial charge in [0.2, 0.25) is 0 Å². The Morgan fingerprint density at radius 1 is 1.42 bits per heavy atom. The SMILES string of the molecule is Cc1nn(C)c2c(=O)n(Cc3ccc(Br)s3)ncc12. The van der Waals surface area contributed by atoms with Crippen molar-refractivity contribution in [1.82, 2.24) is 19.6 Å². The average molecular weight is 339 g/mol. The summed E-state index contributed by atoms with van der Waals surface area (Å²) in [7, 11) is 1.78. The van der Waals surface area contributed by atoms with Crippen LogP contribution < -0.4 is 5.56 Å². The highest BCUT2D eigenvalue weighted by Crippen LogP contribution is 2.22. The first kappa shape index (κ1) is 12.6. The summed E-state index contributed by atoms with van der Waals surface area (Å²) in [6.45, 7) is 2.36. The van der Waals surface area contributed by atoms with Crippen molar-refractivity contribution in [3.63, 3.8) is 0 Å². The average Bonchev–Trinajstić information content (AvgIpc) is 2.88. The highest BCUT2D eigenvalue weighted by Gasteiger charge is 2.12. The third-order valence-corrected chi connectivity index (χ3v) is 4.57. The lowest BCUT2D eigenvalue weighted by Crippen LogP contribution is -2.24. The molecular formula is C12H11BrN4OS. The van der Waals surface area contributed by atoms with Crippen molar-refractivity contribution in [2.75, 3.05) is 0 Å². The number of halogens is 1. The minimum Gasteiger partial charge on any atom is -0.265 e. The van der Waals surface area contributed by atoms with Gasteiger partial charge in [0.15, 0.2) is 0 Å². The Morgan fingerprint density at radius 3 is 2.89 bits per heavy atom. The zero-order chi connectivity index (χ0) is 13.6. The first-order chi connectivity index (χ1) is 9.06. The Labute approximate surface area is 121 Å². The third kappa shape index (κ3) is 2.12. The maximum absolute atomic E-state index is 12.4. The molecule has 0 aliphatic heterocycles. The molecule has 98 valence electrons. The number of aryl methyl sites for hydroxylation is 2. The molecule has 0 aromatic carbocycles. The largest absolute Gasteiger partial charge is 0.293 e. The Bertz CT molecular complexity index is 817. The summed E-state index contributed by atoms with van der Waals surface area (Å²) in [5, 5.41) is 9.30. The van der Waals surface area contributed by atoms with E-state index in [9.17, 15) is 4.79 Å². The van der Waals surface area contributed by atoms with Gasteiger partial charge in [0.05, 0.1) is 22.2 Å². The van der Waals surface area contributed by atoms with Crippen LogP contribution in [0.15, 0.2) is 26.9 Å². The summed E-state index contributed by atoms with van der Waals surface area (Å²) in [5.41, 5.74) is 1.32. The van der Waals surface area contributed by atoms with Gasteiger partial charge in [-0.1, -0.05) is 0 Å². The van der Waals surface area contributed by atoms with Gasteiger partial charge in [0.25, 0.3) is 5.56 Å². The first-order valence-electron chi connectivity index (χ1n) is 5.70. The van der Waals surface area contributed by atoms with Crippen LogP contribution in [0.4, 0.5) is 0 Å². The molecule has 5 nitrogen and oxygen atoms in total.